The molecule has 0 atom stereocenters. The van der Waals surface area contributed by atoms with Gasteiger partial charge in [0, 0.05) is 23.7 Å². The number of anilines is 1. The van der Waals surface area contributed by atoms with E-state index >= 15 is 0 Å². The molecule has 2 aromatic carbocycles. The highest BCUT2D eigenvalue weighted by Gasteiger charge is 2.29. The standard InChI is InChI=1S/C18H19N3O4S/c19-26(24,25)16-9-7-15(8-10-16)21-18(23)14-3-1-12(2-4-14)11-20-17(22)13-5-6-13/h1-4,7-10,13H,5-6,11H2,(H,20,22)(H,21,23)(H2,19,24,25). The second-order valence-electron chi connectivity index (χ2n) is 6.21. The lowest BCUT2D eigenvalue weighted by atomic mass is 10.1. The van der Waals surface area contributed by atoms with Gasteiger partial charge in [-0.05, 0) is 54.8 Å². The Morgan fingerprint density at radius 1 is 1.00 bits per heavy atom. The number of sulfonamides is 1. The summed E-state index contributed by atoms with van der Waals surface area (Å²) in [6, 6.07) is 12.5. The number of hydrogen-bond acceptors (Lipinski definition) is 4. The molecule has 0 spiro atoms. The summed E-state index contributed by atoms with van der Waals surface area (Å²) in [7, 11) is -3.76. The van der Waals surface area contributed by atoms with Gasteiger partial charge in [-0.25, -0.2) is 13.6 Å². The minimum absolute atomic E-state index is 0.0203. The summed E-state index contributed by atoms with van der Waals surface area (Å²) in [5, 5.41) is 10.6. The summed E-state index contributed by atoms with van der Waals surface area (Å²) in [6.07, 6.45) is 1.92. The molecule has 1 saturated carbocycles. The Kier molecular flexibility index (Phi) is 5.06. The van der Waals surface area contributed by atoms with E-state index in [1.54, 1.807) is 24.3 Å². The van der Waals surface area contributed by atoms with Crippen LogP contribution in [0.25, 0.3) is 0 Å². The number of carbonyl (C=O) groups excluding carboxylic acids is 2. The Labute approximate surface area is 151 Å². The molecular formula is C18H19N3O4S. The van der Waals surface area contributed by atoms with Crippen LogP contribution in [0.4, 0.5) is 5.69 Å². The van der Waals surface area contributed by atoms with Crippen LogP contribution in [0.3, 0.4) is 0 Å². The topological polar surface area (TPSA) is 118 Å². The monoisotopic (exact) mass is 373 g/mol. The largest absolute Gasteiger partial charge is 0.352 e. The van der Waals surface area contributed by atoms with E-state index in [2.05, 4.69) is 10.6 Å². The van der Waals surface area contributed by atoms with Crippen LogP contribution >= 0.6 is 0 Å². The predicted molar refractivity (Wildman–Crippen MR) is 96.8 cm³/mol. The average molecular weight is 373 g/mol. The van der Waals surface area contributed by atoms with Crippen molar-refractivity contribution in [2.45, 2.75) is 24.3 Å². The third kappa shape index (κ3) is 4.68. The van der Waals surface area contributed by atoms with Crippen molar-refractivity contribution in [2.75, 3.05) is 5.32 Å². The first-order valence-electron chi connectivity index (χ1n) is 8.14. The van der Waals surface area contributed by atoms with E-state index in [-0.39, 0.29) is 22.6 Å². The molecule has 0 aromatic heterocycles. The number of primary sulfonamides is 1. The first kappa shape index (κ1) is 18.1. The van der Waals surface area contributed by atoms with Crippen LogP contribution in [0, 0.1) is 5.92 Å². The molecule has 2 amide bonds. The maximum atomic E-state index is 12.2. The molecule has 1 aliphatic carbocycles. The molecule has 0 aliphatic heterocycles. The number of hydrogen-bond donors (Lipinski definition) is 3. The third-order valence-electron chi connectivity index (χ3n) is 4.07. The SMILES string of the molecule is NS(=O)(=O)c1ccc(NC(=O)c2ccc(CNC(=O)C3CC3)cc2)cc1. The van der Waals surface area contributed by atoms with Crippen LogP contribution in [0.5, 0.6) is 0 Å². The Hall–Kier alpha value is -2.71. The van der Waals surface area contributed by atoms with E-state index in [9.17, 15) is 18.0 Å². The highest BCUT2D eigenvalue weighted by Crippen LogP contribution is 2.28. The number of benzene rings is 2. The second kappa shape index (κ2) is 7.27. The van der Waals surface area contributed by atoms with Gasteiger partial charge in [-0.2, -0.15) is 0 Å². The summed E-state index contributed by atoms with van der Waals surface area (Å²) >= 11 is 0. The van der Waals surface area contributed by atoms with E-state index in [1.165, 1.54) is 24.3 Å². The van der Waals surface area contributed by atoms with E-state index < -0.39 is 10.0 Å². The lowest BCUT2D eigenvalue weighted by Crippen LogP contribution is -2.24. The molecule has 0 saturated heterocycles. The fourth-order valence-corrected chi connectivity index (χ4v) is 2.90. The van der Waals surface area contributed by atoms with Gasteiger partial charge in [0.25, 0.3) is 5.91 Å². The Morgan fingerprint density at radius 2 is 1.62 bits per heavy atom. The smallest absolute Gasteiger partial charge is 0.255 e. The summed E-state index contributed by atoms with van der Waals surface area (Å²) in [5.41, 5.74) is 1.83. The van der Waals surface area contributed by atoms with Gasteiger partial charge in [-0.1, -0.05) is 12.1 Å². The molecule has 26 heavy (non-hydrogen) atoms. The van der Waals surface area contributed by atoms with Crippen LogP contribution in [-0.2, 0) is 21.4 Å². The van der Waals surface area contributed by atoms with Crippen LogP contribution in [0.2, 0.25) is 0 Å². The van der Waals surface area contributed by atoms with E-state index in [0.717, 1.165) is 18.4 Å². The predicted octanol–water partition coefficient (Wildman–Crippen LogP) is 1.61. The van der Waals surface area contributed by atoms with Crippen molar-refractivity contribution in [3.05, 3.63) is 59.7 Å². The molecule has 0 heterocycles. The fourth-order valence-electron chi connectivity index (χ4n) is 2.38. The maximum Gasteiger partial charge on any atom is 0.255 e. The summed E-state index contributed by atoms with van der Waals surface area (Å²) in [5.74, 6) is -0.0719. The summed E-state index contributed by atoms with van der Waals surface area (Å²) in [4.78, 5) is 23.8. The molecule has 1 fully saturated rings. The zero-order chi connectivity index (χ0) is 18.7. The van der Waals surface area contributed by atoms with Gasteiger partial charge in [0.2, 0.25) is 15.9 Å². The minimum Gasteiger partial charge on any atom is -0.352 e. The van der Waals surface area contributed by atoms with Gasteiger partial charge in [0.1, 0.15) is 0 Å². The van der Waals surface area contributed by atoms with Crippen LogP contribution in [0.15, 0.2) is 53.4 Å². The molecule has 8 heteroatoms. The fraction of sp³-hybridized carbons (Fsp3) is 0.222. The van der Waals surface area contributed by atoms with E-state index in [1.807, 2.05) is 0 Å². The Morgan fingerprint density at radius 3 is 2.15 bits per heavy atom. The molecule has 7 nitrogen and oxygen atoms in total. The highest BCUT2D eigenvalue weighted by molar-refractivity contribution is 7.89. The number of amides is 2. The average Bonchev–Trinajstić information content (AvgIpc) is 3.45. The lowest BCUT2D eigenvalue weighted by molar-refractivity contribution is -0.122. The van der Waals surface area contributed by atoms with Crippen molar-refractivity contribution < 1.29 is 18.0 Å². The van der Waals surface area contributed by atoms with Crippen LogP contribution < -0.4 is 15.8 Å². The second-order valence-corrected chi connectivity index (χ2v) is 7.77. The van der Waals surface area contributed by atoms with Crippen molar-refractivity contribution in [3.8, 4) is 0 Å². The normalized spacial score (nSPS) is 13.9. The van der Waals surface area contributed by atoms with E-state index in [0.29, 0.717) is 17.8 Å². The molecule has 2 aromatic rings. The minimum atomic E-state index is -3.76. The van der Waals surface area contributed by atoms with Crippen molar-refractivity contribution in [2.24, 2.45) is 11.1 Å². The molecule has 3 rings (SSSR count). The van der Waals surface area contributed by atoms with Crippen LogP contribution in [-0.4, -0.2) is 20.2 Å². The number of nitrogens with one attached hydrogen (secondary N) is 2. The van der Waals surface area contributed by atoms with Gasteiger partial charge in [0.15, 0.2) is 0 Å². The molecule has 0 unspecified atom stereocenters. The van der Waals surface area contributed by atoms with Crippen molar-refractivity contribution in [1.29, 1.82) is 0 Å². The van der Waals surface area contributed by atoms with Gasteiger partial charge >= 0.3 is 0 Å². The molecule has 0 radical (unpaired) electrons. The summed E-state index contributed by atoms with van der Waals surface area (Å²) < 4.78 is 22.4. The third-order valence-corrected chi connectivity index (χ3v) is 5.00. The molecule has 4 N–H and O–H groups in total. The van der Waals surface area contributed by atoms with Gasteiger partial charge < -0.3 is 10.6 Å². The van der Waals surface area contributed by atoms with Crippen molar-refractivity contribution >= 4 is 27.5 Å². The first-order valence-corrected chi connectivity index (χ1v) is 9.68. The Bertz CT molecular complexity index is 918. The highest BCUT2D eigenvalue weighted by atomic mass is 32.2. The lowest BCUT2D eigenvalue weighted by Gasteiger charge is -2.08. The quantitative estimate of drug-likeness (QED) is 0.713. The van der Waals surface area contributed by atoms with Gasteiger partial charge in [-0.15, -0.1) is 0 Å². The molecular weight excluding hydrogens is 354 g/mol. The number of rotatable bonds is 6. The molecule has 0 bridgehead atoms. The Balaban J connectivity index is 1.58. The molecule has 1 aliphatic rings. The molecule has 136 valence electrons. The maximum absolute atomic E-state index is 12.2. The van der Waals surface area contributed by atoms with Gasteiger partial charge in [-0.3, -0.25) is 9.59 Å². The first-order chi connectivity index (χ1) is 12.3. The van der Waals surface area contributed by atoms with Crippen molar-refractivity contribution in [1.82, 2.24) is 5.32 Å². The van der Waals surface area contributed by atoms with Crippen LogP contribution in [0.1, 0.15) is 28.8 Å². The zero-order valence-corrected chi connectivity index (χ0v) is 14.8. The zero-order valence-electron chi connectivity index (χ0n) is 13.9. The number of nitrogens with two attached hydrogens (primary N) is 1. The number of carbonyl (C=O) groups is 2. The summed E-state index contributed by atoms with van der Waals surface area (Å²) in [6.45, 7) is 0.437. The van der Waals surface area contributed by atoms with Crippen molar-refractivity contribution in [3.63, 3.8) is 0 Å². The van der Waals surface area contributed by atoms with Gasteiger partial charge in [0.05, 0.1) is 4.90 Å². The van der Waals surface area contributed by atoms with E-state index in [4.69, 9.17) is 5.14 Å².